The van der Waals surface area contributed by atoms with Crippen LogP contribution < -0.4 is 0 Å². The van der Waals surface area contributed by atoms with Crippen LogP contribution in [0, 0.1) is 5.92 Å². The van der Waals surface area contributed by atoms with E-state index in [0.29, 0.717) is 10.7 Å². The molecule has 0 spiro atoms. The van der Waals surface area contributed by atoms with Gasteiger partial charge < -0.3 is 0 Å². The van der Waals surface area contributed by atoms with Gasteiger partial charge in [0, 0.05) is 4.75 Å². The molecule has 0 radical (unpaired) electrons. The average Bonchev–Trinajstić information content (AvgIpc) is 2.36. The lowest BCUT2D eigenvalue weighted by Crippen LogP contribution is -2.09. The molecule has 0 nitrogen and oxygen atoms in total. The Kier molecular flexibility index (Phi) is 3.45. The van der Waals surface area contributed by atoms with Crippen LogP contribution in [-0.2, 0) is 0 Å². The Bertz CT molecular complexity index is 172. The van der Waals surface area contributed by atoms with Gasteiger partial charge in [0.1, 0.15) is 0 Å². The molecule has 0 aromatic heterocycles. The highest BCUT2D eigenvalue weighted by Crippen LogP contribution is 2.26. The molecule has 0 saturated heterocycles. The molecule has 0 heterocycles. The van der Waals surface area contributed by atoms with Crippen LogP contribution in [0.25, 0.3) is 0 Å². The molecule has 0 amide bonds. The molecular formula is C11H18S. The predicted molar refractivity (Wildman–Crippen MR) is 58.6 cm³/mol. The van der Waals surface area contributed by atoms with Gasteiger partial charge in [-0.05, 0) is 18.1 Å². The molecule has 0 fully saturated rings. The second-order valence-electron chi connectivity index (χ2n) is 4.18. The lowest BCUT2D eigenvalue weighted by molar-refractivity contribution is 0.768. The zero-order valence-corrected chi connectivity index (χ0v) is 9.03. The fourth-order valence-corrected chi connectivity index (χ4v) is 2.17. The van der Waals surface area contributed by atoms with E-state index in [1.807, 2.05) is 0 Å². The minimum Gasteiger partial charge on any atom is -0.156 e. The summed E-state index contributed by atoms with van der Waals surface area (Å²) >= 11 is 2.05. The topological polar surface area (TPSA) is 0 Å². The summed E-state index contributed by atoms with van der Waals surface area (Å²) in [6.45, 7) is 6.83. The van der Waals surface area contributed by atoms with Gasteiger partial charge in [0.15, 0.2) is 0 Å². The van der Waals surface area contributed by atoms with E-state index in [0.717, 1.165) is 0 Å². The van der Waals surface area contributed by atoms with Crippen LogP contribution in [0.1, 0.15) is 27.2 Å². The first-order chi connectivity index (χ1) is 5.58. The smallest absolute Gasteiger partial charge is 0.00751 e. The Labute approximate surface area is 80.1 Å². The van der Waals surface area contributed by atoms with Crippen molar-refractivity contribution in [3.05, 3.63) is 24.3 Å². The van der Waals surface area contributed by atoms with E-state index >= 15 is 0 Å². The molecule has 1 aliphatic rings. The average molecular weight is 182 g/mol. The van der Waals surface area contributed by atoms with Crippen molar-refractivity contribution in [1.29, 1.82) is 0 Å². The van der Waals surface area contributed by atoms with Crippen molar-refractivity contribution in [2.75, 3.05) is 5.75 Å². The fourth-order valence-electron chi connectivity index (χ4n) is 1.17. The molecule has 1 heteroatoms. The van der Waals surface area contributed by atoms with Crippen molar-refractivity contribution in [3.63, 3.8) is 0 Å². The van der Waals surface area contributed by atoms with Crippen LogP contribution in [0.4, 0.5) is 0 Å². The third-order valence-corrected chi connectivity index (χ3v) is 3.12. The number of allylic oxidation sites excluding steroid dienone is 4. The fraction of sp³-hybridized carbons (Fsp3) is 0.636. The van der Waals surface area contributed by atoms with Crippen LogP contribution in [0.15, 0.2) is 24.3 Å². The van der Waals surface area contributed by atoms with E-state index < -0.39 is 0 Å². The quantitative estimate of drug-likeness (QED) is 0.642. The largest absolute Gasteiger partial charge is 0.156 e. The first-order valence-corrected chi connectivity index (χ1v) is 5.55. The molecule has 12 heavy (non-hydrogen) atoms. The summed E-state index contributed by atoms with van der Waals surface area (Å²) < 4.78 is 0.423. The zero-order chi connectivity index (χ0) is 9.03. The maximum absolute atomic E-state index is 2.28. The predicted octanol–water partition coefficient (Wildman–Crippen LogP) is 3.65. The standard InChI is InChI=1S/C11H18S/c1-11(2,3)12-9-8-10-6-4-5-7-10/h4-7,10H,8-9H2,1-3H3. The minimum absolute atomic E-state index is 0.423. The molecule has 0 atom stereocenters. The van der Waals surface area contributed by atoms with E-state index in [1.165, 1.54) is 12.2 Å². The van der Waals surface area contributed by atoms with Gasteiger partial charge in [-0.1, -0.05) is 45.1 Å². The molecule has 0 aromatic carbocycles. The lowest BCUT2D eigenvalue weighted by Gasteiger charge is -2.17. The van der Waals surface area contributed by atoms with E-state index in [-0.39, 0.29) is 0 Å². The van der Waals surface area contributed by atoms with Crippen molar-refractivity contribution in [2.24, 2.45) is 5.92 Å². The highest BCUT2D eigenvalue weighted by atomic mass is 32.2. The first kappa shape index (κ1) is 9.91. The van der Waals surface area contributed by atoms with Crippen molar-refractivity contribution in [2.45, 2.75) is 31.9 Å². The summed E-state index contributed by atoms with van der Waals surface area (Å²) in [6.07, 6.45) is 10.1. The zero-order valence-electron chi connectivity index (χ0n) is 8.21. The number of thioether (sulfide) groups is 1. The molecule has 0 aliphatic heterocycles. The third kappa shape index (κ3) is 4.01. The highest BCUT2D eigenvalue weighted by molar-refractivity contribution is 8.00. The molecule has 0 unspecified atom stereocenters. The van der Waals surface area contributed by atoms with Crippen LogP contribution in [0.5, 0.6) is 0 Å². The summed E-state index contributed by atoms with van der Waals surface area (Å²) in [7, 11) is 0. The monoisotopic (exact) mass is 182 g/mol. The first-order valence-electron chi connectivity index (χ1n) is 4.57. The van der Waals surface area contributed by atoms with Crippen LogP contribution in [0.3, 0.4) is 0 Å². The molecule has 0 bridgehead atoms. The number of rotatable bonds is 3. The maximum atomic E-state index is 2.28. The van der Waals surface area contributed by atoms with Gasteiger partial charge in [-0.25, -0.2) is 0 Å². The van der Waals surface area contributed by atoms with E-state index in [2.05, 4.69) is 56.8 Å². The summed E-state index contributed by atoms with van der Waals surface area (Å²) in [6, 6.07) is 0. The van der Waals surface area contributed by atoms with Gasteiger partial charge in [-0.15, -0.1) is 0 Å². The SMILES string of the molecule is CC(C)(C)SCCC1C=CC=C1. The lowest BCUT2D eigenvalue weighted by atomic mass is 10.1. The van der Waals surface area contributed by atoms with Gasteiger partial charge in [0.2, 0.25) is 0 Å². The van der Waals surface area contributed by atoms with E-state index in [9.17, 15) is 0 Å². The molecule has 0 aromatic rings. The van der Waals surface area contributed by atoms with Crippen molar-refractivity contribution in [1.82, 2.24) is 0 Å². The van der Waals surface area contributed by atoms with Crippen LogP contribution >= 0.6 is 11.8 Å². The van der Waals surface area contributed by atoms with Gasteiger partial charge in [-0.3, -0.25) is 0 Å². The maximum Gasteiger partial charge on any atom is 0.00751 e. The van der Waals surface area contributed by atoms with Crippen LogP contribution in [0.2, 0.25) is 0 Å². The summed E-state index contributed by atoms with van der Waals surface area (Å²) in [4.78, 5) is 0. The Hall–Kier alpha value is -0.170. The van der Waals surface area contributed by atoms with Gasteiger partial charge in [0.25, 0.3) is 0 Å². The normalized spacial score (nSPS) is 17.6. The molecular weight excluding hydrogens is 164 g/mol. The summed E-state index contributed by atoms with van der Waals surface area (Å²) in [5.74, 6) is 1.97. The second kappa shape index (κ2) is 4.18. The van der Waals surface area contributed by atoms with E-state index in [1.54, 1.807) is 0 Å². The summed E-state index contributed by atoms with van der Waals surface area (Å²) in [5.41, 5.74) is 0. The van der Waals surface area contributed by atoms with Crippen molar-refractivity contribution >= 4 is 11.8 Å². The molecule has 68 valence electrons. The Morgan fingerprint density at radius 2 is 1.75 bits per heavy atom. The van der Waals surface area contributed by atoms with Gasteiger partial charge in [-0.2, -0.15) is 11.8 Å². The molecule has 0 saturated carbocycles. The minimum atomic E-state index is 0.423. The molecule has 0 N–H and O–H groups in total. The van der Waals surface area contributed by atoms with E-state index in [4.69, 9.17) is 0 Å². The van der Waals surface area contributed by atoms with Crippen LogP contribution in [-0.4, -0.2) is 10.5 Å². The Morgan fingerprint density at radius 3 is 2.25 bits per heavy atom. The van der Waals surface area contributed by atoms with Crippen molar-refractivity contribution in [3.8, 4) is 0 Å². The second-order valence-corrected chi connectivity index (χ2v) is 6.10. The Balaban J connectivity index is 2.10. The number of hydrogen-bond donors (Lipinski definition) is 0. The Morgan fingerprint density at radius 1 is 1.17 bits per heavy atom. The molecule has 1 aliphatic carbocycles. The van der Waals surface area contributed by atoms with Crippen molar-refractivity contribution < 1.29 is 0 Å². The van der Waals surface area contributed by atoms with Gasteiger partial charge in [0.05, 0.1) is 0 Å². The molecule has 1 rings (SSSR count). The van der Waals surface area contributed by atoms with Gasteiger partial charge >= 0.3 is 0 Å². The number of hydrogen-bond acceptors (Lipinski definition) is 1. The third-order valence-electron chi connectivity index (χ3n) is 1.81. The highest BCUT2D eigenvalue weighted by Gasteiger charge is 2.11. The summed E-state index contributed by atoms with van der Waals surface area (Å²) in [5, 5.41) is 0.